The van der Waals surface area contributed by atoms with Crippen LogP contribution in [0.3, 0.4) is 0 Å². The van der Waals surface area contributed by atoms with Crippen molar-refractivity contribution in [2.45, 2.75) is 57.9 Å². The van der Waals surface area contributed by atoms with Crippen LogP contribution in [0.2, 0.25) is 0 Å². The van der Waals surface area contributed by atoms with Gasteiger partial charge in [-0.25, -0.2) is 8.42 Å². The molecule has 0 spiro atoms. The van der Waals surface area contributed by atoms with Gasteiger partial charge in [-0.15, -0.1) is 0 Å². The van der Waals surface area contributed by atoms with E-state index in [-0.39, 0.29) is 17.4 Å². The second-order valence-electron chi connectivity index (χ2n) is 14.0. The number of aryl methyl sites for hydroxylation is 1. The maximum Gasteiger partial charge on any atom is 0.207 e. The molecule has 0 saturated heterocycles. The van der Waals surface area contributed by atoms with Crippen molar-refractivity contribution in [3.05, 3.63) is 154 Å². The molecule has 1 unspecified atom stereocenters. The molecule has 1 heterocycles. The Bertz CT molecular complexity index is 2580. The minimum Gasteiger partial charge on any atom is -0.494 e. The lowest BCUT2D eigenvalue weighted by Crippen LogP contribution is -2.20. The quantitative estimate of drug-likeness (QED) is 0.101. The maximum atomic E-state index is 14.9. The lowest BCUT2D eigenvalue weighted by Gasteiger charge is -2.27. The van der Waals surface area contributed by atoms with Gasteiger partial charge in [-0.2, -0.15) is 0 Å². The van der Waals surface area contributed by atoms with E-state index in [1.807, 2.05) is 42.5 Å². The first-order valence-corrected chi connectivity index (χ1v) is 20.1. The van der Waals surface area contributed by atoms with Gasteiger partial charge >= 0.3 is 0 Å². The third-order valence-corrected chi connectivity index (χ3v) is 12.5. The molecule has 0 bridgehead atoms. The van der Waals surface area contributed by atoms with Crippen LogP contribution in [0.5, 0.6) is 5.75 Å². The SMILES string of the molecule is C=C(/C=C/C1=C(S(=O)(=O)c2ccc(OCCCC)cc2)C(=C/C=c2\c3cccc4cccc(c43)n2CCO)/C(C)CC1)c1cccc2cccc(C)c12. The first kappa shape index (κ1) is 36.2. The molecule has 0 aliphatic heterocycles. The van der Waals surface area contributed by atoms with Gasteiger partial charge in [0.1, 0.15) is 5.75 Å². The Morgan fingerprint density at radius 3 is 2.36 bits per heavy atom. The monoisotopic (exact) mass is 721 g/mol. The van der Waals surface area contributed by atoms with Gasteiger partial charge in [0.25, 0.3) is 0 Å². The zero-order valence-electron chi connectivity index (χ0n) is 30.8. The average Bonchev–Trinajstić information content (AvgIpc) is 3.47. The Labute approximate surface area is 312 Å². The molecule has 1 aromatic heterocycles. The molecule has 5 nitrogen and oxygen atoms in total. The summed E-state index contributed by atoms with van der Waals surface area (Å²) in [5, 5.41) is 16.7. The standard InChI is InChI=1S/C47H47NO4S/c1-5-6-31-52-38-23-25-39(26-24-38)53(50,51)47-37(21-19-32(2)40-16-8-13-35-12-7-11-34(4)45(35)40)22-20-33(3)41(47)27-28-43-42-17-9-14-36-15-10-18-44(46(36)42)48(43)29-30-49/h7-19,21,23-28,33,49H,2,5-6,20,22,29-31H2,1,3-4H3/b21-19+,41-27+,43-28+. The molecule has 0 amide bonds. The van der Waals surface area contributed by atoms with Gasteiger partial charge in [0.05, 0.1) is 23.0 Å². The zero-order chi connectivity index (χ0) is 37.1. The summed E-state index contributed by atoms with van der Waals surface area (Å²) in [6, 6.07) is 31.8. The number of unbranched alkanes of at least 4 members (excludes halogenated alkanes) is 1. The molecule has 0 fully saturated rings. The Balaban J connectivity index is 1.40. The number of aliphatic hydroxyl groups is 1. The molecule has 1 N–H and O–H groups in total. The largest absolute Gasteiger partial charge is 0.494 e. The lowest BCUT2D eigenvalue weighted by atomic mass is 9.85. The van der Waals surface area contributed by atoms with E-state index in [1.54, 1.807) is 24.3 Å². The maximum absolute atomic E-state index is 14.9. The van der Waals surface area contributed by atoms with Crippen LogP contribution in [0, 0.1) is 12.8 Å². The van der Waals surface area contributed by atoms with Crippen molar-refractivity contribution in [3.63, 3.8) is 0 Å². The highest BCUT2D eigenvalue weighted by Gasteiger charge is 2.32. The third kappa shape index (κ3) is 7.01. The summed E-state index contributed by atoms with van der Waals surface area (Å²) in [4.78, 5) is 0.575. The molecule has 1 aliphatic carbocycles. The van der Waals surface area contributed by atoms with E-state index in [0.717, 1.165) is 79.3 Å². The summed E-state index contributed by atoms with van der Waals surface area (Å²) in [5.74, 6) is 0.643. The fraction of sp³-hybridized carbons (Fsp3) is 0.234. The van der Waals surface area contributed by atoms with E-state index in [2.05, 4.69) is 86.5 Å². The van der Waals surface area contributed by atoms with Gasteiger partial charge in [-0.1, -0.05) is 112 Å². The van der Waals surface area contributed by atoms with Gasteiger partial charge in [-0.05, 0) is 113 Å². The van der Waals surface area contributed by atoms with Crippen LogP contribution in [-0.4, -0.2) is 31.3 Å². The van der Waals surface area contributed by atoms with Crippen molar-refractivity contribution >= 4 is 53.9 Å². The lowest BCUT2D eigenvalue weighted by molar-refractivity contribution is 0.277. The number of sulfone groups is 1. The number of ether oxygens (including phenoxy) is 1. The van der Waals surface area contributed by atoms with Crippen molar-refractivity contribution in [2.24, 2.45) is 5.92 Å². The molecular weight excluding hydrogens is 675 g/mol. The third-order valence-electron chi connectivity index (χ3n) is 10.5. The number of fused-ring (bicyclic) bond motifs is 1. The molecule has 1 atom stereocenters. The summed E-state index contributed by atoms with van der Waals surface area (Å²) >= 11 is 0. The van der Waals surface area contributed by atoms with Crippen LogP contribution in [0.4, 0.5) is 0 Å². The number of benzene rings is 5. The smallest absolute Gasteiger partial charge is 0.207 e. The van der Waals surface area contributed by atoms with E-state index in [0.29, 0.717) is 30.2 Å². The predicted molar refractivity (Wildman–Crippen MR) is 221 cm³/mol. The summed E-state index contributed by atoms with van der Waals surface area (Å²) in [6.45, 7) is 11.8. The summed E-state index contributed by atoms with van der Waals surface area (Å²) in [7, 11) is -3.96. The molecule has 1 aliphatic rings. The molecule has 270 valence electrons. The van der Waals surface area contributed by atoms with E-state index in [4.69, 9.17) is 4.74 Å². The van der Waals surface area contributed by atoms with Gasteiger partial charge in [-0.3, -0.25) is 0 Å². The number of hydrogen-bond donors (Lipinski definition) is 1. The van der Waals surface area contributed by atoms with E-state index >= 15 is 0 Å². The van der Waals surface area contributed by atoms with Gasteiger partial charge in [0, 0.05) is 28.2 Å². The first-order valence-electron chi connectivity index (χ1n) is 18.6. The van der Waals surface area contributed by atoms with Crippen molar-refractivity contribution < 1.29 is 18.3 Å². The summed E-state index contributed by atoms with van der Waals surface area (Å²) < 4.78 is 37.8. The van der Waals surface area contributed by atoms with Crippen LogP contribution in [0.25, 0.3) is 44.1 Å². The average molecular weight is 722 g/mol. The first-order chi connectivity index (χ1) is 25.7. The van der Waals surface area contributed by atoms with E-state index in [1.165, 1.54) is 5.56 Å². The number of nitrogens with zero attached hydrogens (tertiary/aromatic N) is 1. The second kappa shape index (κ2) is 15.4. The molecular formula is C47H47NO4S. The number of hydrogen-bond acceptors (Lipinski definition) is 4. The number of rotatable bonds is 12. The number of aliphatic hydroxyl groups excluding tert-OH is 1. The predicted octanol–water partition coefficient (Wildman–Crippen LogP) is 10.3. The number of aromatic nitrogens is 1. The van der Waals surface area contributed by atoms with Crippen LogP contribution in [0.15, 0.2) is 143 Å². The summed E-state index contributed by atoms with van der Waals surface area (Å²) in [5.41, 5.74) is 5.60. The Morgan fingerprint density at radius 1 is 0.925 bits per heavy atom. The fourth-order valence-corrected chi connectivity index (χ4v) is 9.58. The molecule has 7 rings (SSSR count). The highest BCUT2D eigenvalue weighted by molar-refractivity contribution is 7.95. The summed E-state index contributed by atoms with van der Waals surface area (Å²) in [6.07, 6.45) is 11.3. The number of allylic oxidation sites excluding steroid dienone is 6. The van der Waals surface area contributed by atoms with Crippen LogP contribution in [-0.2, 0) is 16.4 Å². The van der Waals surface area contributed by atoms with Crippen molar-refractivity contribution in [3.8, 4) is 5.75 Å². The van der Waals surface area contributed by atoms with Crippen LogP contribution < -0.4 is 10.1 Å². The van der Waals surface area contributed by atoms with E-state index in [9.17, 15) is 13.5 Å². The Hall–Kier alpha value is -5.17. The molecule has 6 aromatic rings. The second-order valence-corrected chi connectivity index (χ2v) is 15.9. The van der Waals surface area contributed by atoms with Crippen LogP contribution in [0.1, 0.15) is 50.7 Å². The van der Waals surface area contributed by atoms with Crippen molar-refractivity contribution in [2.75, 3.05) is 13.2 Å². The highest BCUT2D eigenvalue weighted by atomic mass is 32.2. The Morgan fingerprint density at radius 2 is 1.62 bits per heavy atom. The highest BCUT2D eigenvalue weighted by Crippen LogP contribution is 2.41. The topological polar surface area (TPSA) is 68.5 Å². The van der Waals surface area contributed by atoms with Crippen molar-refractivity contribution in [1.29, 1.82) is 0 Å². The van der Waals surface area contributed by atoms with Gasteiger partial charge < -0.3 is 14.4 Å². The van der Waals surface area contributed by atoms with Crippen LogP contribution >= 0.6 is 0 Å². The van der Waals surface area contributed by atoms with Gasteiger partial charge in [0.15, 0.2) is 0 Å². The van der Waals surface area contributed by atoms with E-state index < -0.39 is 9.84 Å². The minimum absolute atomic E-state index is 0.0125. The normalized spacial score (nSPS) is 16.6. The fourth-order valence-electron chi connectivity index (χ4n) is 7.76. The minimum atomic E-state index is -3.96. The molecule has 53 heavy (non-hydrogen) atoms. The molecule has 6 heteroatoms. The molecule has 5 aromatic carbocycles. The zero-order valence-corrected chi connectivity index (χ0v) is 31.6. The van der Waals surface area contributed by atoms with Crippen molar-refractivity contribution in [1.82, 2.24) is 4.57 Å². The van der Waals surface area contributed by atoms with Gasteiger partial charge in [0.2, 0.25) is 9.84 Å². The molecule has 0 radical (unpaired) electrons. The molecule has 0 saturated carbocycles. The Kier molecular flexibility index (Phi) is 10.5.